The topological polar surface area (TPSA) is 94.2 Å². The first-order valence-corrected chi connectivity index (χ1v) is 9.73. The molecule has 0 bridgehead atoms. The average molecular weight is 431 g/mol. The number of carbonyl (C=O) groups excluding carboxylic acids is 3. The number of anilines is 2. The molecule has 0 radical (unpaired) electrons. The first kappa shape index (κ1) is 20.0. The van der Waals surface area contributed by atoms with Crippen LogP contribution in [-0.4, -0.2) is 44.7 Å². The van der Waals surface area contributed by atoms with Crippen LogP contribution in [0.25, 0.3) is 0 Å². The van der Waals surface area contributed by atoms with Crippen molar-refractivity contribution in [3.05, 3.63) is 47.0 Å². The molecule has 1 N–H and O–H groups in total. The van der Waals surface area contributed by atoms with E-state index in [4.69, 9.17) is 25.8 Å². The minimum Gasteiger partial charge on any atom is -0.486 e. The normalized spacial score (nSPS) is 17.6. The lowest BCUT2D eigenvalue weighted by atomic mass is 10.1. The van der Waals surface area contributed by atoms with E-state index in [1.54, 1.807) is 23.1 Å². The van der Waals surface area contributed by atoms with Crippen LogP contribution < -0.4 is 19.7 Å². The number of nitrogens with zero attached hydrogens (tertiary/aromatic N) is 1. The van der Waals surface area contributed by atoms with Crippen molar-refractivity contribution in [3.8, 4) is 11.5 Å². The van der Waals surface area contributed by atoms with Gasteiger partial charge in [-0.15, -0.1) is 0 Å². The van der Waals surface area contributed by atoms with Crippen molar-refractivity contribution < 1.29 is 28.6 Å². The maximum absolute atomic E-state index is 12.8. The molecular weight excluding hydrogens is 412 g/mol. The van der Waals surface area contributed by atoms with Gasteiger partial charge in [-0.25, -0.2) is 4.79 Å². The van der Waals surface area contributed by atoms with Gasteiger partial charge in [-0.05, 0) is 30.3 Å². The van der Waals surface area contributed by atoms with Gasteiger partial charge in [0.05, 0.1) is 24.3 Å². The Morgan fingerprint density at radius 1 is 1.13 bits per heavy atom. The Morgan fingerprint density at radius 3 is 2.67 bits per heavy atom. The van der Waals surface area contributed by atoms with Crippen molar-refractivity contribution in [2.75, 3.05) is 37.1 Å². The van der Waals surface area contributed by atoms with Gasteiger partial charge in [0, 0.05) is 29.7 Å². The number of rotatable bonds is 4. The predicted octanol–water partition coefficient (Wildman–Crippen LogP) is 2.89. The van der Waals surface area contributed by atoms with Crippen molar-refractivity contribution in [1.29, 1.82) is 0 Å². The van der Waals surface area contributed by atoms with Crippen molar-refractivity contribution in [1.82, 2.24) is 0 Å². The number of halogens is 1. The minimum atomic E-state index is -0.595. The van der Waals surface area contributed by atoms with Crippen LogP contribution in [0.15, 0.2) is 36.4 Å². The maximum Gasteiger partial charge on any atom is 0.339 e. The Bertz CT molecular complexity index is 1020. The van der Waals surface area contributed by atoms with Gasteiger partial charge in [-0.3, -0.25) is 9.59 Å². The second-order valence-corrected chi connectivity index (χ2v) is 7.34. The van der Waals surface area contributed by atoms with Crippen LogP contribution in [0.4, 0.5) is 11.4 Å². The van der Waals surface area contributed by atoms with Crippen LogP contribution in [0.3, 0.4) is 0 Å². The fourth-order valence-corrected chi connectivity index (χ4v) is 3.65. The molecule has 9 heteroatoms. The minimum absolute atomic E-state index is 0.0500. The van der Waals surface area contributed by atoms with Crippen LogP contribution >= 0.6 is 11.6 Å². The average Bonchev–Trinajstić information content (AvgIpc) is 3.15. The Hall–Kier alpha value is -3.26. The van der Waals surface area contributed by atoms with E-state index in [9.17, 15) is 14.4 Å². The second kappa shape index (κ2) is 8.23. The number of fused-ring (bicyclic) bond motifs is 1. The second-order valence-electron chi connectivity index (χ2n) is 6.90. The van der Waals surface area contributed by atoms with E-state index in [-0.39, 0.29) is 36.0 Å². The highest BCUT2D eigenvalue weighted by atomic mass is 35.5. The van der Waals surface area contributed by atoms with Gasteiger partial charge in [-0.2, -0.15) is 0 Å². The molecule has 2 aromatic rings. The summed E-state index contributed by atoms with van der Waals surface area (Å²) in [4.78, 5) is 38.9. The summed E-state index contributed by atoms with van der Waals surface area (Å²) < 4.78 is 15.8. The summed E-state index contributed by atoms with van der Waals surface area (Å²) in [7, 11) is 1.25. The zero-order valence-electron chi connectivity index (χ0n) is 16.1. The molecule has 30 heavy (non-hydrogen) atoms. The third-order valence-electron chi connectivity index (χ3n) is 4.98. The number of esters is 1. The first-order valence-electron chi connectivity index (χ1n) is 9.35. The van der Waals surface area contributed by atoms with Crippen molar-refractivity contribution >= 4 is 40.8 Å². The van der Waals surface area contributed by atoms with E-state index >= 15 is 0 Å². The number of benzene rings is 2. The summed E-state index contributed by atoms with van der Waals surface area (Å²) in [6.45, 7) is 1.13. The molecule has 2 aliphatic heterocycles. The lowest BCUT2D eigenvalue weighted by Crippen LogP contribution is -2.28. The van der Waals surface area contributed by atoms with Gasteiger partial charge < -0.3 is 24.4 Å². The van der Waals surface area contributed by atoms with Gasteiger partial charge in [0.2, 0.25) is 11.8 Å². The summed E-state index contributed by atoms with van der Waals surface area (Å²) in [6, 6.07) is 9.73. The lowest BCUT2D eigenvalue weighted by Gasteiger charge is -2.22. The van der Waals surface area contributed by atoms with Crippen molar-refractivity contribution in [2.24, 2.45) is 5.92 Å². The molecule has 2 heterocycles. The number of carbonyl (C=O) groups is 3. The largest absolute Gasteiger partial charge is 0.486 e. The number of nitrogens with one attached hydrogen (secondary N) is 1. The molecule has 2 aliphatic rings. The summed E-state index contributed by atoms with van der Waals surface area (Å²) in [5.74, 6) is -0.539. The molecule has 1 saturated heterocycles. The number of hydrogen-bond acceptors (Lipinski definition) is 6. The van der Waals surface area contributed by atoms with Gasteiger partial charge >= 0.3 is 5.97 Å². The molecule has 0 saturated carbocycles. The summed E-state index contributed by atoms with van der Waals surface area (Å²) >= 11 is 6.00. The standard InChI is InChI=1S/C21H19ClN2O6/c1-28-21(27)15-4-2-13(22)9-16(15)23-20(26)12-8-19(25)24(11-12)14-3-5-17-18(10-14)30-7-6-29-17/h2-5,9-10,12H,6-8,11H2,1H3,(H,23,26). The van der Waals surface area contributed by atoms with Crippen molar-refractivity contribution in [3.63, 3.8) is 0 Å². The van der Waals surface area contributed by atoms with Crippen molar-refractivity contribution in [2.45, 2.75) is 6.42 Å². The van der Waals surface area contributed by atoms with E-state index in [1.807, 2.05) is 0 Å². The summed E-state index contributed by atoms with van der Waals surface area (Å²) in [6.07, 6.45) is 0.0500. The highest BCUT2D eigenvalue weighted by Crippen LogP contribution is 2.36. The summed E-state index contributed by atoms with van der Waals surface area (Å²) in [5, 5.41) is 3.06. The number of methoxy groups -OCH3 is 1. The molecule has 2 aromatic carbocycles. The zero-order valence-corrected chi connectivity index (χ0v) is 16.9. The van der Waals surface area contributed by atoms with Gasteiger partial charge in [0.1, 0.15) is 13.2 Å². The first-order chi connectivity index (χ1) is 14.5. The van der Waals surface area contributed by atoms with Crippen LogP contribution in [0.2, 0.25) is 5.02 Å². The Morgan fingerprint density at radius 2 is 1.90 bits per heavy atom. The molecule has 1 atom stereocenters. The molecular formula is C21H19ClN2O6. The molecule has 156 valence electrons. The van der Waals surface area contributed by atoms with Crippen LogP contribution in [-0.2, 0) is 14.3 Å². The highest BCUT2D eigenvalue weighted by molar-refractivity contribution is 6.31. The van der Waals surface area contributed by atoms with E-state index in [0.29, 0.717) is 35.4 Å². The summed E-state index contributed by atoms with van der Waals surface area (Å²) in [5.41, 5.74) is 1.06. The lowest BCUT2D eigenvalue weighted by molar-refractivity contribution is -0.122. The third kappa shape index (κ3) is 3.91. The molecule has 1 fully saturated rings. The SMILES string of the molecule is COC(=O)c1ccc(Cl)cc1NC(=O)C1CC(=O)N(c2ccc3c(c2)OCCO3)C1. The molecule has 0 aliphatic carbocycles. The van der Waals surface area contributed by atoms with Gasteiger partial charge in [0.25, 0.3) is 0 Å². The van der Waals surface area contributed by atoms with Crippen LogP contribution in [0.1, 0.15) is 16.8 Å². The molecule has 4 rings (SSSR count). The van der Waals surface area contributed by atoms with Gasteiger partial charge in [0.15, 0.2) is 11.5 Å². The number of hydrogen-bond donors (Lipinski definition) is 1. The Kier molecular flexibility index (Phi) is 5.50. The molecule has 2 amide bonds. The molecule has 0 spiro atoms. The molecule has 0 aromatic heterocycles. The monoisotopic (exact) mass is 430 g/mol. The predicted molar refractivity (Wildman–Crippen MR) is 109 cm³/mol. The Labute approximate surface area is 177 Å². The van der Waals surface area contributed by atoms with E-state index in [0.717, 1.165) is 0 Å². The fraction of sp³-hybridized carbons (Fsp3) is 0.286. The van der Waals surface area contributed by atoms with Crippen LogP contribution in [0, 0.1) is 5.92 Å². The van der Waals surface area contributed by atoms with E-state index < -0.39 is 11.9 Å². The van der Waals surface area contributed by atoms with Crippen LogP contribution in [0.5, 0.6) is 11.5 Å². The molecule has 1 unspecified atom stereocenters. The highest BCUT2D eigenvalue weighted by Gasteiger charge is 2.36. The van der Waals surface area contributed by atoms with E-state index in [1.165, 1.54) is 25.3 Å². The smallest absolute Gasteiger partial charge is 0.339 e. The van der Waals surface area contributed by atoms with Gasteiger partial charge in [-0.1, -0.05) is 11.6 Å². The quantitative estimate of drug-likeness (QED) is 0.749. The van der Waals surface area contributed by atoms with E-state index in [2.05, 4.69) is 5.32 Å². The zero-order chi connectivity index (χ0) is 21.3. The number of ether oxygens (including phenoxy) is 3. The fourth-order valence-electron chi connectivity index (χ4n) is 3.48. The maximum atomic E-state index is 12.8. The number of amides is 2. The molecule has 8 nitrogen and oxygen atoms in total. The third-order valence-corrected chi connectivity index (χ3v) is 5.21. The Balaban J connectivity index is 1.50.